The van der Waals surface area contributed by atoms with Gasteiger partial charge in [0, 0.05) is 0 Å². The van der Waals surface area contributed by atoms with E-state index in [-0.39, 0.29) is 6.42 Å². The summed E-state index contributed by atoms with van der Waals surface area (Å²) in [5.41, 5.74) is 1.39. The number of nitrogens with one attached hydrogen (secondary N) is 2. The molecule has 31 heavy (non-hydrogen) atoms. The van der Waals surface area contributed by atoms with Crippen LogP contribution in [0.1, 0.15) is 24.1 Å². The number of rotatable bonds is 8. The molecule has 3 aromatic rings. The second-order valence-electron chi connectivity index (χ2n) is 7.08. The molecule has 2 atom stereocenters. The van der Waals surface area contributed by atoms with Crippen LogP contribution < -0.4 is 10.0 Å². The van der Waals surface area contributed by atoms with Crippen molar-refractivity contribution in [1.82, 2.24) is 10.0 Å². The molecule has 162 valence electrons. The molecular weight excluding hydrogens is 422 g/mol. The molecule has 0 aliphatic carbocycles. The Morgan fingerprint density at radius 1 is 0.903 bits per heavy atom. The molecule has 5 nitrogen and oxygen atoms in total. The molecule has 0 aliphatic heterocycles. The average molecular weight is 445 g/mol. The molecule has 0 unspecified atom stereocenters. The van der Waals surface area contributed by atoms with Crippen molar-refractivity contribution in [2.24, 2.45) is 0 Å². The monoisotopic (exact) mass is 444 g/mol. The predicted octanol–water partition coefficient (Wildman–Crippen LogP) is 3.73. The molecule has 8 heteroatoms. The van der Waals surface area contributed by atoms with E-state index in [4.69, 9.17) is 0 Å². The van der Waals surface area contributed by atoms with Crippen molar-refractivity contribution in [1.29, 1.82) is 0 Å². The maximum Gasteiger partial charge on any atom is 0.244 e. The maximum atomic E-state index is 14.1. The molecule has 0 fully saturated rings. The van der Waals surface area contributed by atoms with Gasteiger partial charge in [-0.05, 0) is 48.7 Å². The zero-order valence-corrected chi connectivity index (χ0v) is 17.6. The Hall–Kier alpha value is -3.10. The van der Waals surface area contributed by atoms with Crippen LogP contribution in [0.15, 0.2) is 83.8 Å². The number of hydrogen-bond acceptors (Lipinski definition) is 3. The van der Waals surface area contributed by atoms with Gasteiger partial charge in [0.15, 0.2) is 0 Å². The van der Waals surface area contributed by atoms with E-state index >= 15 is 0 Å². The van der Waals surface area contributed by atoms with Crippen LogP contribution in [0.25, 0.3) is 0 Å². The highest BCUT2D eigenvalue weighted by Crippen LogP contribution is 2.17. The maximum absolute atomic E-state index is 14.1. The van der Waals surface area contributed by atoms with Gasteiger partial charge in [0.05, 0.1) is 6.04 Å². The first-order chi connectivity index (χ1) is 14.8. The van der Waals surface area contributed by atoms with Gasteiger partial charge < -0.3 is 5.32 Å². The van der Waals surface area contributed by atoms with Crippen molar-refractivity contribution in [3.8, 4) is 0 Å². The van der Waals surface area contributed by atoms with Gasteiger partial charge in [-0.3, -0.25) is 4.79 Å². The number of benzene rings is 3. The van der Waals surface area contributed by atoms with Crippen LogP contribution in [0.5, 0.6) is 0 Å². The van der Waals surface area contributed by atoms with Crippen LogP contribution in [-0.2, 0) is 21.2 Å². The lowest BCUT2D eigenvalue weighted by Gasteiger charge is -2.22. The van der Waals surface area contributed by atoms with Crippen LogP contribution in [0, 0.1) is 11.6 Å². The summed E-state index contributed by atoms with van der Waals surface area (Å²) in [5, 5.41) is 2.74. The van der Waals surface area contributed by atoms with E-state index < -0.39 is 44.5 Å². The Bertz CT molecular complexity index is 1140. The minimum absolute atomic E-state index is 0.0660. The fourth-order valence-electron chi connectivity index (χ4n) is 3.10. The molecule has 1 amide bonds. The Labute approximate surface area is 180 Å². The summed E-state index contributed by atoms with van der Waals surface area (Å²) in [6, 6.07) is 17.8. The van der Waals surface area contributed by atoms with Crippen LogP contribution >= 0.6 is 0 Å². The first kappa shape index (κ1) is 22.6. The Kier molecular flexibility index (Phi) is 7.14. The number of halogens is 2. The Morgan fingerprint density at radius 2 is 1.52 bits per heavy atom. The van der Waals surface area contributed by atoms with Gasteiger partial charge in [0.2, 0.25) is 15.9 Å². The number of hydrogen-bond donors (Lipinski definition) is 2. The van der Waals surface area contributed by atoms with Gasteiger partial charge in [-0.1, -0.05) is 54.6 Å². The molecule has 2 N–H and O–H groups in total. The van der Waals surface area contributed by atoms with E-state index in [1.54, 1.807) is 37.3 Å². The minimum Gasteiger partial charge on any atom is -0.348 e. The van der Waals surface area contributed by atoms with E-state index in [9.17, 15) is 22.0 Å². The molecule has 0 aliphatic rings. The number of sulfonamides is 1. The molecule has 3 rings (SSSR count). The molecule has 0 radical (unpaired) electrons. The highest BCUT2D eigenvalue weighted by Gasteiger charge is 2.28. The van der Waals surface area contributed by atoms with E-state index in [0.717, 1.165) is 17.7 Å². The average Bonchev–Trinajstić information content (AvgIpc) is 2.74. The van der Waals surface area contributed by atoms with Gasteiger partial charge >= 0.3 is 0 Å². The second kappa shape index (κ2) is 9.80. The standard InChI is InChI=1S/C23H22F2N2O3S/c1-16(18-11-13-19(24)14-12-18)26-23(28)21(15-17-7-3-2-4-8-17)27-31(29,30)22-10-6-5-9-20(22)25/h2-14,16,21,27H,15H2,1H3,(H,26,28)/t16-,21+/m0/s1. The van der Waals surface area contributed by atoms with Crippen LogP contribution in [0.2, 0.25) is 0 Å². The van der Waals surface area contributed by atoms with Crippen molar-refractivity contribution in [2.45, 2.75) is 30.3 Å². The van der Waals surface area contributed by atoms with Crippen LogP contribution in [-0.4, -0.2) is 20.4 Å². The van der Waals surface area contributed by atoms with Crippen molar-refractivity contribution < 1.29 is 22.0 Å². The zero-order chi connectivity index (χ0) is 22.4. The van der Waals surface area contributed by atoms with Gasteiger partial charge in [0.1, 0.15) is 22.6 Å². The fraction of sp³-hybridized carbons (Fsp3) is 0.174. The molecule has 0 saturated heterocycles. The predicted molar refractivity (Wildman–Crippen MR) is 114 cm³/mol. The van der Waals surface area contributed by atoms with Gasteiger partial charge in [0.25, 0.3) is 0 Å². The molecule has 0 aromatic heterocycles. The van der Waals surface area contributed by atoms with Crippen LogP contribution in [0.4, 0.5) is 8.78 Å². The summed E-state index contributed by atoms with van der Waals surface area (Å²) >= 11 is 0. The number of carbonyl (C=O) groups is 1. The third kappa shape index (κ3) is 5.96. The van der Waals surface area contributed by atoms with Gasteiger partial charge in [-0.25, -0.2) is 17.2 Å². The SMILES string of the molecule is C[C@H](NC(=O)[C@@H](Cc1ccccc1)NS(=O)(=O)c1ccccc1F)c1ccc(F)cc1. The van der Waals surface area contributed by atoms with Gasteiger partial charge in [-0.2, -0.15) is 4.72 Å². The van der Waals surface area contributed by atoms with E-state index in [1.807, 2.05) is 0 Å². The second-order valence-corrected chi connectivity index (χ2v) is 8.76. The Balaban J connectivity index is 1.84. The van der Waals surface area contributed by atoms with E-state index in [0.29, 0.717) is 5.56 Å². The summed E-state index contributed by atoms with van der Waals surface area (Å²) < 4.78 is 55.1. The lowest BCUT2D eigenvalue weighted by Crippen LogP contribution is -2.48. The molecule has 0 bridgehead atoms. The number of amides is 1. The van der Waals surface area contributed by atoms with Crippen molar-refractivity contribution in [2.75, 3.05) is 0 Å². The zero-order valence-electron chi connectivity index (χ0n) is 16.8. The van der Waals surface area contributed by atoms with Crippen molar-refractivity contribution in [3.63, 3.8) is 0 Å². The lowest BCUT2D eigenvalue weighted by molar-refractivity contribution is -0.123. The Morgan fingerprint density at radius 3 is 2.16 bits per heavy atom. The highest BCUT2D eigenvalue weighted by molar-refractivity contribution is 7.89. The first-order valence-electron chi connectivity index (χ1n) is 9.63. The largest absolute Gasteiger partial charge is 0.348 e. The van der Waals surface area contributed by atoms with Gasteiger partial charge in [-0.15, -0.1) is 0 Å². The highest BCUT2D eigenvalue weighted by atomic mass is 32.2. The van der Waals surface area contributed by atoms with Crippen LogP contribution in [0.3, 0.4) is 0 Å². The third-order valence-corrected chi connectivity index (χ3v) is 6.26. The molecule has 0 saturated carbocycles. The molecular formula is C23H22F2N2O3S. The molecule has 0 heterocycles. The summed E-state index contributed by atoms with van der Waals surface area (Å²) in [6.07, 6.45) is 0.0660. The summed E-state index contributed by atoms with van der Waals surface area (Å²) in [6.45, 7) is 1.70. The summed E-state index contributed by atoms with van der Waals surface area (Å²) in [4.78, 5) is 12.5. The topological polar surface area (TPSA) is 75.3 Å². The summed E-state index contributed by atoms with van der Waals surface area (Å²) in [5.74, 6) is -1.89. The lowest BCUT2D eigenvalue weighted by atomic mass is 10.0. The number of carbonyl (C=O) groups excluding carboxylic acids is 1. The third-order valence-electron chi connectivity index (χ3n) is 4.75. The smallest absolute Gasteiger partial charge is 0.244 e. The molecule has 0 spiro atoms. The molecule has 3 aromatic carbocycles. The normalized spacial score (nSPS) is 13.4. The van der Waals surface area contributed by atoms with E-state index in [2.05, 4.69) is 10.0 Å². The quantitative estimate of drug-likeness (QED) is 0.556. The van der Waals surface area contributed by atoms with E-state index in [1.165, 1.54) is 36.4 Å². The van der Waals surface area contributed by atoms with Crippen molar-refractivity contribution >= 4 is 15.9 Å². The van der Waals surface area contributed by atoms with Crippen molar-refractivity contribution in [3.05, 3.63) is 102 Å². The fourth-order valence-corrected chi connectivity index (χ4v) is 4.37. The first-order valence-corrected chi connectivity index (χ1v) is 11.1. The minimum atomic E-state index is -4.30. The summed E-state index contributed by atoms with van der Waals surface area (Å²) in [7, 11) is -4.30.